The summed E-state index contributed by atoms with van der Waals surface area (Å²) in [6.45, 7) is 13.9. The minimum Gasteiger partial charge on any atom is -0.393 e. The second kappa shape index (κ2) is 9.00. The molecule has 0 radical (unpaired) electrons. The normalized spacial score (nSPS) is 37.9. The molecule has 0 saturated heterocycles. The van der Waals surface area contributed by atoms with Crippen molar-refractivity contribution in [2.45, 2.75) is 103 Å². The summed E-state index contributed by atoms with van der Waals surface area (Å²) in [7, 11) is 0. The van der Waals surface area contributed by atoms with Crippen LogP contribution in [-0.2, 0) is 0 Å². The molecule has 3 aliphatic carbocycles. The maximum absolute atomic E-state index is 10.6. The average molecular weight is 429 g/mol. The summed E-state index contributed by atoms with van der Waals surface area (Å²) in [5.41, 5.74) is 1.83. The van der Waals surface area contributed by atoms with Crippen LogP contribution in [0.2, 0.25) is 0 Å². The van der Waals surface area contributed by atoms with Crippen LogP contribution in [0.4, 0.5) is 0 Å². The van der Waals surface area contributed by atoms with Crippen molar-refractivity contribution in [3.05, 3.63) is 47.6 Å². The summed E-state index contributed by atoms with van der Waals surface area (Å²) in [5, 5.41) is 30.9. The van der Waals surface area contributed by atoms with E-state index in [-0.39, 0.29) is 11.5 Å². The van der Waals surface area contributed by atoms with E-state index in [9.17, 15) is 15.3 Å². The van der Waals surface area contributed by atoms with Crippen molar-refractivity contribution in [1.82, 2.24) is 0 Å². The third-order valence-corrected chi connectivity index (χ3v) is 8.82. The number of hydrogen-bond acceptors (Lipinski definition) is 3. The van der Waals surface area contributed by atoms with Crippen LogP contribution in [0.1, 0.15) is 86.0 Å². The molecule has 3 aliphatic rings. The molecule has 174 valence electrons. The molecule has 0 aliphatic heterocycles. The van der Waals surface area contributed by atoms with Crippen molar-refractivity contribution in [3.8, 4) is 0 Å². The van der Waals surface area contributed by atoms with E-state index in [1.807, 2.05) is 0 Å². The number of aliphatic hydroxyl groups excluding tert-OH is 1. The van der Waals surface area contributed by atoms with E-state index >= 15 is 0 Å². The lowest BCUT2D eigenvalue weighted by Gasteiger charge is -2.44. The topological polar surface area (TPSA) is 60.7 Å². The van der Waals surface area contributed by atoms with E-state index in [2.05, 4.69) is 38.7 Å². The summed E-state index contributed by atoms with van der Waals surface area (Å²) in [4.78, 5) is 0. The summed E-state index contributed by atoms with van der Waals surface area (Å²) < 4.78 is 0. The van der Waals surface area contributed by atoms with Gasteiger partial charge >= 0.3 is 0 Å². The molecule has 0 heterocycles. The van der Waals surface area contributed by atoms with Crippen LogP contribution in [0.3, 0.4) is 0 Å². The van der Waals surface area contributed by atoms with E-state index in [0.29, 0.717) is 17.8 Å². The molecule has 3 nitrogen and oxygen atoms in total. The number of rotatable bonds is 5. The number of fused-ring (bicyclic) bond motifs is 1. The maximum atomic E-state index is 10.6. The van der Waals surface area contributed by atoms with Gasteiger partial charge in [0.15, 0.2) is 0 Å². The van der Waals surface area contributed by atoms with Crippen LogP contribution in [0.25, 0.3) is 0 Å². The van der Waals surface area contributed by atoms with Gasteiger partial charge in [-0.1, -0.05) is 55.9 Å². The van der Waals surface area contributed by atoms with Crippen molar-refractivity contribution in [3.63, 3.8) is 0 Å². The van der Waals surface area contributed by atoms with Crippen LogP contribution >= 0.6 is 0 Å². The van der Waals surface area contributed by atoms with Gasteiger partial charge in [0.2, 0.25) is 0 Å². The molecule has 3 unspecified atom stereocenters. The first-order valence-electron chi connectivity index (χ1n) is 12.2. The Morgan fingerprint density at radius 2 is 1.81 bits per heavy atom. The zero-order valence-electron chi connectivity index (χ0n) is 20.3. The fraction of sp³-hybridized carbons (Fsp3) is 0.714. The molecule has 3 fully saturated rings. The summed E-state index contributed by atoms with van der Waals surface area (Å²) in [5.74, 6) is 1.54. The molecule has 0 aromatic heterocycles. The predicted molar refractivity (Wildman–Crippen MR) is 129 cm³/mol. The maximum Gasteiger partial charge on any atom is 0.108 e. The lowest BCUT2D eigenvalue weighted by atomic mass is 9.61. The Morgan fingerprint density at radius 3 is 2.48 bits per heavy atom. The van der Waals surface area contributed by atoms with E-state index in [4.69, 9.17) is 0 Å². The fourth-order valence-corrected chi connectivity index (χ4v) is 6.22. The highest BCUT2D eigenvalue weighted by Gasteiger charge is 2.50. The molecule has 0 bridgehead atoms. The molecule has 6 atom stereocenters. The molecular formula is C28H44O3. The van der Waals surface area contributed by atoms with Crippen LogP contribution in [-0.4, -0.2) is 32.6 Å². The van der Waals surface area contributed by atoms with Gasteiger partial charge in [-0.15, -0.1) is 0 Å². The molecule has 0 aromatic carbocycles. The summed E-state index contributed by atoms with van der Waals surface area (Å²) in [6.07, 6.45) is 16.8. The molecule has 0 spiro atoms. The van der Waals surface area contributed by atoms with Crippen molar-refractivity contribution in [1.29, 1.82) is 0 Å². The molecule has 3 N–H and O–H groups in total. The first-order chi connectivity index (χ1) is 14.3. The molecule has 3 heteroatoms. The predicted octanol–water partition coefficient (Wildman–Crippen LogP) is 5.87. The lowest BCUT2D eigenvalue weighted by Crippen LogP contribution is -2.46. The zero-order chi connectivity index (χ0) is 23.0. The van der Waals surface area contributed by atoms with Gasteiger partial charge in [0, 0.05) is 0 Å². The van der Waals surface area contributed by atoms with Crippen molar-refractivity contribution >= 4 is 0 Å². The Bertz CT molecular complexity index is 764. The second-order valence-corrected chi connectivity index (χ2v) is 11.5. The highest BCUT2D eigenvalue weighted by atomic mass is 16.3. The first-order valence-corrected chi connectivity index (χ1v) is 12.2. The van der Waals surface area contributed by atoms with Crippen LogP contribution in [0, 0.1) is 23.2 Å². The number of aliphatic hydroxyl groups is 3. The standard InChI is InChI=1S/C28H44O3/c1-19-9-12-23(29)18-22(19)11-10-21-8-7-16-27(5)24(13-14-25(21)27)20(2)15-17-28(6,31)26(3,4)30/h10-11,15,17,20,23-25,29-31H,1,7-9,12-14,16,18H2,2-6H3/b17-15+,21-10+,22-11-/t20-,23+,24?,25?,27?,28-/m0/s1. The van der Waals surface area contributed by atoms with Gasteiger partial charge in [0.25, 0.3) is 0 Å². The van der Waals surface area contributed by atoms with Crippen LogP contribution < -0.4 is 0 Å². The van der Waals surface area contributed by atoms with Gasteiger partial charge in [-0.2, -0.15) is 0 Å². The highest BCUT2D eigenvalue weighted by Crippen LogP contribution is 2.59. The zero-order valence-corrected chi connectivity index (χ0v) is 20.3. The average Bonchev–Trinajstić information content (AvgIpc) is 3.03. The van der Waals surface area contributed by atoms with Gasteiger partial charge in [-0.3, -0.25) is 0 Å². The summed E-state index contributed by atoms with van der Waals surface area (Å²) >= 11 is 0. The fourth-order valence-electron chi connectivity index (χ4n) is 6.22. The molecule has 3 rings (SSSR count). The highest BCUT2D eigenvalue weighted by molar-refractivity contribution is 5.36. The van der Waals surface area contributed by atoms with Crippen molar-refractivity contribution in [2.75, 3.05) is 0 Å². The van der Waals surface area contributed by atoms with Gasteiger partial charge < -0.3 is 15.3 Å². The molecular weight excluding hydrogens is 384 g/mol. The largest absolute Gasteiger partial charge is 0.393 e. The van der Waals surface area contributed by atoms with E-state index in [1.165, 1.54) is 43.3 Å². The summed E-state index contributed by atoms with van der Waals surface area (Å²) in [6, 6.07) is 0. The van der Waals surface area contributed by atoms with Crippen molar-refractivity contribution in [2.24, 2.45) is 23.2 Å². The van der Waals surface area contributed by atoms with E-state index < -0.39 is 11.2 Å². The minimum atomic E-state index is -1.24. The van der Waals surface area contributed by atoms with E-state index in [1.54, 1.807) is 32.4 Å². The van der Waals surface area contributed by atoms with Crippen LogP contribution in [0.15, 0.2) is 47.6 Å². The second-order valence-electron chi connectivity index (χ2n) is 11.5. The molecule has 0 aromatic rings. The van der Waals surface area contributed by atoms with Gasteiger partial charge in [0.1, 0.15) is 5.60 Å². The van der Waals surface area contributed by atoms with Crippen molar-refractivity contribution < 1.29 is 15.3 Å². The quantitative estimate of drug-likeness (QED) is 0.480. The Kier molecular flexibility index (Phi) is 7.11. The smallest absolute Gasteiger partial charge is 0.108 e. The Morgan fingerprint density at radius 1 is 1.10 bits per heavy atom. The minimum absolute atomic E-state index is 0.226. The monoisotopic (exact) mass is 428 g/mol. The third kappa shape index (κ3) is 5.10. The first kappa shape index (κ1) is 24.5. The molecule has 3 saturated carbocycles. The van der Waals surface area contributed by atoms with Gasteiger partial charge in [-0.25, -0.2) is 0 Å². The molecule has 0 amide bonds. The third-order valence-electron chi connectivity index (χ3n) is 8.82. The molecule has 31 heavy (non-hydrogen) atoms. The number of allylic oxidation sites excluding steroid dienone is 5. The Labute approximate surface area is 189 Å². The SMILES string of the molecule is C=C1CC[C@@H](O)C/C1=C/C=C1\CCCC2(C)C1CCC2[C@@H](C)/C=C/[C@](C)(O)C(C)(C)O. The Balaban J connectivity index is 1.77. The van der Waals surface area contributed by atoms with E-state index in [0.717, 1.165) is 19.3 Å². The van der Waals surface area contributed by atoms with Crippen LogP contribution in [0.5, 0.6) is 0 Å². The number of hydrogen-bond donors (Lipinski definition) is 3. The van der Waals surface area contributed by atoms with Gasteiger partial charge in [0.05, 0.1) is 11.7 Å². The van der Waals surface area contributed by atoms with Gasteiger partial charge in [-0.05, 0) is 101 Å². The lowest BCUT2D eigenvalue weighted by molar-refractivity contribution is -0.0886. The Hall–Kier alpha value is -1.16.